The number of nitrogens with one attached hydrogen (secondary N) is 2. The number of halogens is 1. The molecule has 184 valence electrons. The fourth-order valence-electron chi connectivity index (χ4n) is 4.83. The highest BCUT2D eigenvalue weighted by atomic mass is 79.9. The predicted molar refractivity (Wildman–Crippen MR) is 145 cm³/mol. The van der Waals surface area contributed by atoms with Crippen LogP contribution in [-0.4, -0.2) is 55.7 Å². The van der Waals surface area contributed by atoms with Crippen LogP contribution < -0.4 is 20.1 Å². The van der Waals surface area contributed by atoms with E-state index in [4.69, 9.17) is 9.47 Å². The molecule has 1 amide bonds. The molecule has 3 heterocycles. The highest BCUT2D eigenvalue weighted by Gasteiger charge is 2.29. The average molecular weight is 547 g/mol. The molecule has 3 aliphatic heterocycles. The predicted octanol–water partition coefficient (Wildman–Crippen LogP) is 4.86. The van der Waals surface area contributed by atoms with Gasteiger partial charge in [-0.1, -0.05) is 34.1 Å². The average Bonchev–Trinajstić information content (AvgIpc) is 3.47. The van der Waals surface area contributed by atoms with Crippen molar-refractivity contribution in [3.8, 4) is 11.5 Å². The molecule has 2 N–H and O–H groups in total. The van der Waals surface area contributed by atoms with Gasteiger partial charge in [0, 0.05) is 54.0 Å². The molecular formula is C28H27BrN4O3. The Labute approximate surface area is 218 Å². The number of rotatable bonds is 5. The number of likely N-dealkylation sites (N-methyl/N-ethyl adjacent to an activating group) is 1. The molecule has 36 heavy (non-hydrogen) atoms. The van der Waals surface area contributed by atoms with Crippen LogP contribution in [0.5, 0.6) is 11.5 Å². The summed E-state index contributed by atoms with van der Waals surface area (Å²) in [5.41, 5.74) is 5.99. The van der Waals surface area contributed by atoms with E-state index in [-0.39, 0.29) is 12.7 Å². The van der Waals surface area contributed by atoms with Gasteiger partial charge < -0.3 is 25.0 Å². The van der Waals surface area contributed by atoms with E-state index in [1.807, 2.05) is 36.4 Å². The quantitative estimate of drug-likeness (QED) is 0.445. The van der Waals surface area contributed by atoms with Crippen LogP contribution in [0.15, 0.2) is 65.1 Å². The summed E-state index contributed by atoms with van der Waals surface area (Å²) < 4.78 is 12.0. The number of anilines is 2. The Morgan fingerprint density at radius 3 is 2.56 bits per heavy atom. The number of hydrogen-bond donors (Lipinski definition) is 2. The molecule has 3 aromatic rings. The molecule has 0 aliphatic carbocycles. The lowest BCUT2D eigenvalue weighted by Crippen LogP contribution is -2.43. The molecule has 6 rings (SSSR count). The van der Waals surface area contributed by atoms with E-state index in [0.29, 0.717) is 17.1 Å². The smallest absolute Gasteiger partial charge is 0.258 e. The van der Waals surface area contributed by atoms with Gasteiger partial charge in [0.2, 0.25) is 6.79 Å². The summed E-state index contributed by atoms with van der Waals surface area (Å²) in [6, 6.07) is 20.1. The number of nitrogens with zero attached hydrogens (tertiary/aromatic N) is 2. The monoisotopic (exact) mass is 546 g/mol. The van der Waals surface area contributed by atoms with Crippen molar-refractivity contribution in [1.82, 2.24) is 9.80 Å². The summed E-state index contributed by atoms with van der Waals surface area (Å²) in [7, 11) is 2.17. The maximum atomic E-state index is 13.2. The Bertz CT molecular complexity index is 1350. The zero-order chi connectivity index (χ0) is 24.6. The van der Waals surface area contributed by atoms with Gasteiger partial charge in [-0.25, -0.2) is 0 Å². The second-order valence-corrected chi connectivity index (χ2v) is 10.3. The first-order valence-corrected chi connectivity index (χ1v) is 12.9. The summed E-state index contributed by atoms with van der Waals surface area (Å²) in [6.07, 6.45) is 0. The largest absolute Gasteiger partial charge is 0.454 e. The van der Waals surface area contributed by atoms with Crippen LogP contribution in [0, 0.1) is 0 Å². The first-order chi connectivity index (χ1) is 17.5. The topological polar surface area (TPSA) is 66.1 Å². The molecule has 1 saturated heterocycles. The SMILES string of the molecule is CN1CCN(Cc2ccc(NC(=C3C(=O)Nc4cc(Br)ccc43)c3ccc4c(c3)OCO4)cc2)CC1. The minimum atomic E-state index is -0.144. The Morgan fingerprint density at radius 1 is 0.972 bits per heavy atom. The van der Waals surface area contributed by atoms with Gasteiger partial charge in [0.1, 0.15) is 0 Å². The molecule has 0 radical (unpaired) electrons. The van der Waals surface area contributed by atoms with E-state index in [2.05, 4.69) is 67.7 Å². The molecule has 3 aliphatic rings. The zero-order valence-electron chi connectivity index (χ0n) is 20.0. The van der Waals surface area contributed by atoms with Gasteiger partial charge in [0.25, 0.3) is 5.91 Å². The van der Waals surface area contributed by atoms with E-state index in [1.165, 1.54) is 5.56 Å². The van der Waals surface area contributed by atoms with Crippen LogP contribution in [0.2, 0.25) is 0 Å². The van der Waals surface area contributed by atoms with E-state index in [1.54, 1.807) is 0 Å². The number of hydrogen-bond acceptors (Lipinski definition) is 6. The van der Waals surface area contributed by atoms with E-state index in [9.17, 15) is 4.79 Å². The third kappa shape index (κ3) is 4.59. The van der Waals surface area contributed by atoms with Gasteiger partial charge in [-0.3, -0.25) is 9.69 Å². The normalized spacial score (nSPS) is 18.7. The van der Waals surface area contributed by atoms with Crippen molar-refractivity contribution in [3.63, 3.8) is 0 Å². The van der Waals surface area contributed by atoms with Crippen LogP contribution in [0.25, 0.3) is 11.3 Å². The number of carbonyl (C=O) groups is 1. The molecule has 0 spiro atoms. The minimum absolute atomic E-state index is 0.144. The summed E-state index contributed by atoms with van der Waals surface area (Å²) in [5.74, 6) is 1.23. The van der Waals surface area contributed by atoms with Gasteiger partial charge in [-0.2, -0.15) is 0 Å². The molecule has 7 nitrogen and oxygen atoms in total. The highest BCUT2D eigenvalue weighted by Crippen LogP contribution is 2.41. The molecule has 3 aromatic carbocycles. The number of piperazine rings is 1. The lowest BCUT2D eigenvalue weighted by molar-refractivity contribution is -0.110. The van der Waals surface area contributed by atoms with Crippen LogP contribution in [0.4, 0.5) is 11.4 Å². The van der Waals surface area contributed by atoms with Crippen molar-refractivity contribution in [2.75, 3.05) is 50.7 Å². The molecule has 0 saturated carbocycles. The minimum Gasteiger partial charge on any atom is -0.454 e. The first-order valence-electron chi connectivity index (χ1n) is 12.1. The lowest BCUT2D eigenvalue weighted by atomic mass is 9.99. The molecular weight excluding hydrogens is 520 g/mol. The number of ether oxygens (including phenoxy) is 2. The Balaban J connectivity index is 1.33. The van der Waals surface area contributed by atoms with Crippen molar-refractivity contribution in [2.45, 2.75) is 6.54 Å². The van der Waals surface area contributed by atoms with Gasteiger partial charge in [0.15, 0.2) is 11.5 Å². The highest BCUT2D eigenvalue weighted by molar-refractivity contribution is 9.10. The summed E-state index contributed by atoms with van der Waals surface area (Å²) in [6.45, 7) is 5.51. The standard InChI is InChI=1S/C28H27BrN4O3/c1-32-10-12-33(13-11-32)16-18-2-6-21(7-3-18)30-27(19-4-9-24-25(14-19)36-17-35-24)26-22-8-5-20(29)15-23(22)31-28(26)34/h2-9,14-15,30H,10-13,16-17H2,1H3,(H,31,34). The van der Waals surface area contributed by atoms with Crippen LogP contribution >= 0.6 is 15.9 Å². The zero-order valence-corrected chi connectivity index (χ0v) is 21.6. The summed E-state index contributed by atoms with van der Waals surface area (Å²) in [4.78, 5) is 18.0. The summed E-state index contributed by atoms with van der Waals surface area (Å²) >= 11 is 3.50. The fraction of sp³-hybridized carbons (Fsp3) is 0.250. The third-order valence-corrected chi connectivity index (χ3v) is 7.36. The second-order valence-electron chi connectivity index (χ2n) is 9.36. The maximum Gasteiger partial charge on any atom is 0.258 e. The molecule has 0 unspecified atom stereocenters. The van der Waals surface area contributed by atoms with Crippen molar-refractivity contribution < 1.29 is 14.3 Å². The van der Waals surface area contributed by atoms with Gasteiger partial charge in [-0.05, 0) is 55.1 Å². The number of fused-ring (bicyclic) bond motifs is 2. The molecule has 0 aromatic heterocycles. The Hall–Kier alpha value is -3.33. The van der Waals surface area contributed by atoms with Gasteiger partial charge in [0.05, 0.1) is 17.0 Å². The number of benzene rings is 3. The third-order valence-electron chi connectivity index (χ3n) is 6.86. The van der Waals surface area contributed by atoms with E-state index in [0.717, 1.165) is 65.4 Å². The van der Waals surface area contributed by atoms with Gasteiger partial charge >= 0.3 is 0 Å². The van der Waals surface area contributed by atoms with E-state index < -0.39 is 0 Å². The molecule has 1 fully saturated rings. The maximum absolute atomic E-state index is 13.2. The first kappa shape index (κ1) is 23.1. The number of carbonyl (C=O) groups excluding carboxylic acids is 1. The summed E-state index contributed by atoms with van der Waals surface area (Å²) in [5, 5.41) is 6.54. The van der Waals surface area contributed by atoms with Crippen LogP contribution in [0.1, 0.15) is 16.7 Å². The Kier molecular flexibility index (Phi) is 6.17. The van der Waals surface area contributed by atoms with Crippen molar-refractivity contribution in [1.29, 1.82) is 0 Å². The molecule has 8 heteroatoms. The van der Waals surface area contributed by atoms with Crippen molar-refractivity contribution in [2.24, 2.45) is 0 Å². The van der Waals surface area contributed by atoms with Gasteiger partial charge in [-0.15, -0.1) is 0 Å². The van der Waals surface area contributed by atoms with Crippen LogP contribution in [0.3, 0.4) is 0 Å². The van der Waals surface area contributed by atoms with Crippen molar-refractivity contribution in [3.05, 3.63) is 81.8 Å². The van der Waals surface area contributed by atoms with Crippen LogP contribution in [-0.2, 0) is 11.3 Å². The fourth-order valence-corrected chi connectivity index (χ4v) is 5.19. The molecule has 0 bridgehead atoms. The number of amides is 1. The lowest BCUT2D eigenvalue weighted by Gasteiger charge is -2.32. The molecule has 0 atom stereocenters. The van der Waals surface area contributed by atoms with E-state index >= 15 is 0 Å². The van der Waals surface area contributed by atoms with Crippen molar-refractivity contribution >= 4 is 44.5 Å². The second kappa shape index (κ2) is 9.61. The Morgan fingerprint density at radius 2 is 1.75 bits per heavy atom.